The molecule has 0 aliphatic rings. The topological polar surface area (TPSA) is 64.7 Å². The van der Waals surface area contributed by atoms with Crippen LogP contribution in [0.2, 0.25) is 0 Å². The molecule has 0 aliphatic heterocycles. The Hall–Kier alpha value is -3.22. The molecule has 0 unspecified atom stereocenters. The Labute approximate surface area is 139 Å². The fraction of sp³-hybridized carbons (Fsp3) is 0.176. The van der Waals surface area contributed by atoms with E-state index in [0.717, 1.165) is 28.2 Å². The largest absolute Gasteiger partial charge is 0.353 e. The van der Waals surface area contributed by atoms with E-state index in [0.29, 0.717) is 6.54 Å². The smallest absolute Gasteiger partial charge is 0.163 e. The van der Waals surface area contributed by atoms with E-state index in [-0.39, 0.29) is 0 Å². The summed E-state index contributed by atoms with van der Waals surface area (Å²) in [6.07, 6.45) is 5.33. The summed E-state index contributed by atoms with van der Waals surface area (Å²) < 4.78 is 3.63. The van der Waals surface area contributed by atoms with E-state index in [9.17, 15) is 0 Å². The van der Waals surface area contributed by atoms with Crippen LogP contribution in [0.1, 0.15) is 5.69 Å². The third-order valence-electron chi connectivity index (χ3n) is 3.93. The van der Waals surface area contributed by atoms with Crippen LogP contribution in [0.15, 0.2) is 55.1 Å². The first-order valence-electron chi connectivity index (χ1n) is 7.66. The van der Waals surface area contributed by atoms with Gasteiger partial charge in [-0.3, -0.25) is 4.68 Å². The van der Waals surface area contributed by atoms with Crippen LogP contribution >= 0.6 is 0 Å². The van der Waals surface area contributed by atoms with Crippen molar-refractivity contribution >= 4 is 16.9 Å². The number of para-hydroxylation sites is 1. The summed E-state index contributed by atoms with van der Waals surface area (Å²) in [6.45, 7) is 0.654. The zero-order chi connectivity index (χ0) is 16.5. The molecule has 1 aromatic carbocycles. The van der Waals surface area contributed by atoms with Crippen LogP contribution in [-0.2, 0) is 13.6 Å². The van der Waals surface area contributed by atoms with Gasteiger partial charge in [0.25, 0.3) is 0 Å². The Morgan fingerprint density at radius 1 is 1.08 bits per heavy atom. The van der Waals surface area contributed by atoms with Crippen molar-refractivity contribution < 1.29 is 0 Å². The van der Waals surface area contributed by atoms with Crippen molar-refractivity contribution in [3.8, 4) is 5.69 Å². The molecule has 24 heavy (non-hydrogen) atoms. The highest BCUT2D eigenvalue weighted by Gasteiger charge is 2.13. The molecule has 4 aromatic rings. The second-order valence-corrected chi connectivity index (χ2v) is 5.65. The lowest BCUT2D eigenvalue weighted by atomic mass is 10.3. The van der Waals surface area contributed by atoms with Crippen molar-refractivity contribution in [2.75, 3.05) is 11.9 Å². The summed E-state index contributed by atoms with van der Waals surface area (Å²) in [5.41, 5.74) is 2.83. The first-order valence-corrected chi connectivity index (χ1v) is 7.66. The second kappa shape index (κ2) is 5.77. The number of anilines is 1. The summed E-state index contributed by atoms with van der Waals surface area (Å²) in [5, 5.41) is 9.83. The van der Waals surface area contributed by atoms with Gasteiger partial charge in [0.2, 0.25) is 0 Å². The molecule has 4 rings (SSSR count). The maximum absolute atomic E-state index is 4.64. The highest BCUT2D eigenvalue weighted by atomic mass is 15.3. The standard InChI is InChI=1S/C17H17N7/c1-22(16-15-10-20-23(2)17(15)19-12-18-16)11-13-8-9-24(21-13)14-6-4-3-5-7-14/h3-10,12H,11H2,1-2H3. The molecule has 3 aromatic heterocycles. The Kier molecular flexibility index (Phi) is 3.45. The van der Waals surface area contributed by atoms with Crippen LogP contribution in [0.25, 0.3) is 16.7 Å². The number of nitrogens with zero attached hydrogens (tertiary/aromatic N) is 7. The van der Waals surface area contributed by atoms with Gasteiger partial charge in [0.1, 0.15) is 12.1 Å². The van der Waals surface area contributed by atoms with Crippen molar-refractivity contribution in [1.82, 2.24) is 29.5 Å². The third-order valence-corrected chi connectivity index (χ3v) is 3.93. The Morgan fingerprint density at radius 3 is 2.75 bits per heavy atom. The van der Waals surface area contributed by atoms with E-state index in [1.54, 1.807) is 17.2 Å². The van der Waals surface area contributed by atoms with Gasteiger partial charge < -0.3 is 4.90 Å². The number of hydrogen-bond acceptors (Lipinski definition) is 5. The highest BCUT2D eigenvalue weighted by molar-refractivity contribution is 5.86. The van der Waals surface area contributed by atoms with Crippen LogP contribution in [0.5, 0.6) is 0 Å². The SMILES string of the molecule is CN(Cc1ccn(-c2ccccc2)n1)c1ncnc2c1cnn2C. The lowest BCUT2D eigenvalue weighted by Crippen LogP contribution is -2.18. The zero-order valence-electron chi connectivity index (χ0n) is 13.5. The summed E-state index contributed by atoms with van der Waals surface area (Å²) in [7, 11) is 3.87. The number of rotatable bonds is 4. The molecular weight excluding hydrogens is 302 g/mol. The van der Waals surface area contributed by atoms with Crippen molar-refractivity contribution in [2.45, 2.75) is 6.54 Å². The molecule has 0 bridgehead atoms. The molecule has 7 heteroatoms. The fourth-order valence-electron chi connectivity index (χ4n) is 2.74. The first-order chi connectivity index (χ1) is 11.7. The predicted octanol–water partition coefficient (Wildman–Crippen LogP) is 2.19. The molecule has 120 valence electrons. The minimum Gasteiger partial charge on any atom is -0.353 e. The summed E-state index contributed by atoms with van der Waals surface area (Å²) in [6, 6.07) is 12.1. The van der Waals surface area contributed by atoms with Crippen LogP contribution in [0.4, 0.5) is 5.82 Å². The van der Waals surface area contributed by atoms with Crippen molar-refractivity contribution in [1.29, 1.82) is 0 Å². The second-order valence-electron chi connectivity index (χ2n) is 5.65. The van der Waals surface area contributed by atoms with Crippen molar-refractivity contribution in [3.05, 3.63) is 60.8 Å². The average molecular weight is 319 g/mol. The maximum Gasteiger partial charge on any atom is 0.163 e. The van der Waals surface area contributed by atoms with Gasteiger partial charge in [-0.2, -0.15) is 10.2 Å². The molecule has 0 amide bonds. The number of benzene rings is 1. The number of fused-ring (bicyclic) bond motifs is 1. The summed E-state index contributed by atoms with van der Waals surface area (Å²) in [4.78, 5) is 10.7. The van der Waals surface area contributed by atoms with Gasteiger partial charge in [-0.25, -0.2) is 14.6 Å². The summed E-state index contributed by atoms with van der Waals surface area (Å²) >= 11 is 0. The van der Waals surface area contributed by atoms with Crippen LogP contribution in [0, 0.1) is 0 Å². The molecule has 3 heterocycles. The van der Waals surface area contributed by atoms with Crippen LogP contribution in [0.3, 0.4) is 0 Å². The monoisotopic (exact) mass is 319 g/mol. The van der Waals surface area contributed by atoms with Crippen LogP contribution < -0.4 is 4.90 Å². The minimum absolute atomic E-state index is 0.654. The molecular formula is C17H17N7. The Bertz CT molecular complexity index is 971. The molecule has 0 atom stereocenters. The third kappa shape index (κ3) is 2.50. The summed E-state index contributed by atoms with van der Waals surface area (Å²) in [5.74, 6) is 0.849. The fourth-order valence-corrected chi connectivity index (χ4v) is 2.74. The zero-order valence-corrected chi connectivity index (χ0v) is 13.5. The normalized spacial score (nSPS) is 11.1. The van der Waals surface area contributed by atoms with E-state index in [1.807, 2.05) is 61.4 Å². The van der Waals surface area contributed by atoms with Gasteiger partial charge in [-0.05, 0) is 18.2 Å². The van der Waals surface area contributed by atoms with E-state index in [1.165, 1.54) is 0 Å². The number of hydrogen-bond donors (Lipinski definition) is 0. The molecule has 0 aliphatic carbocycles. The van der Waals surface area contributed by atoms with Crippen molar-refractivity contribution in [3.63, 3.8) is 0 Å². The lowest BCUT2D eigenvalue weighted by molar-refractivity contribution is 0.784. The maximum atomic E-state index is 4.64. The molecule has 7 nitrogen and oxygen atoms in total. The molecule has 0 saturated heterocycles. The van der Waals surface area contributed by atoms with Gasteiger partial charge in [-0.1, -0.05) is 18.2 Å². The first kappa shape index (κ1) is 14.4. The molecule has 0 fully saturated rings. The van der Waals surface area contributed by atoms with E-state index < -0.39 is 0 Å². The molecule has 0 radical (unpaired) electrons. The van der Waals surface area contributed by atoms with E-state index >= 15 is 0 Å². The van der Waals surface area contributed by atoms with Gasteiger partial charge >= 0.3 is 0 Å². The van der Waals surface area contributed by atoms with Gasteiger partial charge in [0.05, 0.1) is 29.5 Å². The van der Waals surface area contributed by atoms with Crippen molar-refractivity contribution in [2.24, 2.45) is 7.05 Å². The minimum atomic E-state index is 0.654. The van der Waals surface area contributed by atoms with Gasteiger partial charge in [0, 0.05) is 20.3 Å². The molecule has 0 saturated carbocycles. The van der Waals surface area contributed by atoms with Gasteiger partial charge in [-0.15, -0.1) is 0 Å². The van der Waals surface area contributed by atoms with Gasteiger partial charge in [0.15, 0.2) is 5.65 Å². The Morgan fingerprint density at radius 2 is 1.92 bits per heavy atom. The number of aryl methyl sites for hydroxylation is 1. The average Bonchev–Trinajstić information content (AvgIpc) is 3.23. The highest BCUT2D eigenvalue weighted by Crippen LogP contribution is 2.22. The predicted molar refractivity (Wildman–Crippen MR) is 92.0 cm³/mol. The quantitative estimate of drug-likeness (QED) is 0.577. The van der Waals surface area contributed by atoms with E-state index in [4.69, 9.17) is 0 Å². The Balaban J connectivity index is 1.60. The van der Waals surface area contributed by atoms with Crippen LogP contribution in [-0.4, -0.2) is 36.6 Å². The number of aromatic nitrogens is 6. The molecule has 0 spiro atoms. The molecule has 0 N–H and O–H groups in total. The van der Waals surface area contributed by atoms with E-state index in [2.05, 4.69) is 25.1 Å². The lowest BCUT2D eigenvalue weighted by Gasteiger charge is -2.17.